The molecule has 0 fully saturated rings. The molecule has 2 amide bonds. The molecule has 6 nitrogen and oxygen atoms in total. The van der Waals surface area contributed by atoms with Crippen molar-refractivity contribution in [3.63, 3.8) is 0 Å². The van der Waals surface area contributed by atoms with Crippen LogP contribution in [0.15, 0.2) is 77.3 Å². The maximum Gasteiger partial charge on any atom is 0.276 e. The van der Waals surface area contributed by atoms with Gasteiger partial charge < -0.3 is 9.47 Å². The van der Waals surface area contributed by atoms with Gasteiger partial charge in [-0.1, -0.05) is 58.4 Å². The minimum absolute atomic E-state index is 0.0935. The molecule has 3 aromatic rings. The number of benzene rings is 3. The van der Waals surface area contributed by atoms with E-state index >= 15 is 0 Å². The summed E-state index contributed by atoms with van der Waals surface area (Å²) in [6.45, 7) is 3.50. The van der Waals surface area contributed by atoms with Crippen molar-refractivity contribution in [1.29, 1.82) is 0 Å². The molecule has 0 aromatic heterocycles. The molecule has 0 saturated carbocycles. The van der Waals surface area contributed by atoms with Crippen LogP contribution in [0, 0.1) is 0 Å². The minimum atomic E-state index is -0.488. The number of amides is 2. The van der Waals surface area contributed by atoms with E-state index in [-0.39, 0.29) is 12.7 Å². The molecule has 0 unspecified atom stereocenters. The second-order valence-electron chi connectivity index (χ2n) is 6.99. The van der Waals surface area contributed by atoms with E-state index in [9.17, 15) is 9.59 Å². The topological polar surface area (TPSA) is 76.7 Å². The Morgan fingerprint density at radius 1 is 0.903 bits per heavy atom. The van der Waals surface area contributed by atoms with Crippen LogP contribution in [0.3, 0.4) is 0 Å². The van der Waals surface area contributed by atoms with E-state index in [4.69, 9.17) is 9.47 Å². The first-order valence-electron chi connectivity index (χ1n) is 9.76. The van der Waals surface area contributed by atoms with E-state index in [1.807, 2.05) is 56.3 Å². The summed E-state index contributed by atoms with van der Waals surface area (Å²) in [7, 11) is 0. The normalized spacial score (nSPS) is 10.5. The van der Waals surface area contributed by atoms with Crippen LogP contribution in [0.25, 0.3) is 11.1 Å². The maximum absolute atomic E-state index is 12.5. The van der Waals surface area contributed by atoms with Gasteiger partial charge in [0.15, 0.2) is 6.61 Å². The van der Waals surface area contributed by atoms with E-state index in [0.29, 0.717) is 17.1 Å². The van der Waals surface area contributed by atoms with Crippen LogP contribution in [0.5, 0.6) is 11.5 Å². The Morgan fingerprint density at radius 3 is 2.26 bits per heavy atom. The third-order valence-corrected chi connectivity index (χ3v) is 4.69. The number of hydrazine groups is 1. The third kappa shape index (κ3) is 6.58. The summed E-state index contributed by atoms with van der Waals surface area (Å²) in [4.78, 5) is 24.6. The fourth-order valence-corrected chi connectivity index (χ4v) is 3.15. The zero-order valence-corrected chi connectivity index (χ0v) is 18.8. The van der Waals surface area contributed by atoms with Crippen molar-refractivity contribution in [2.24, 2.45) is 0 Å². The van der Waals surface area contributed by atoms with Gasteiger partial charge in [0.1, 0.15) is 11.5 Å². The van der Waals surface area contributed by atoms with Gasteiger partial charge in [0.25, 0.3) is 11.8 Å². The molecule has 0 spiro atoms. The predicted molar refractivity (Wildman–Crippen MR) is 123 cm³/mol. The number of carbonyl (C=O) groups is 2. The molecule has 0 aliphatic carbocycles. The number of carbonyl (C=O) groups excluding carboxylic acids is 2. The SMILES string of the molecule is CC(C)Oc1ccc(Br)cc1C(=O)NNC(=O)COc1ccc(-c2ccccc2)cc1. The van der Waals surface area contributed by atoms with Crippen molar-refractivity contribution in [2.45, 2.75) is 20.0 Å². The third-order valence-electron chi connectivity index (χ3n) is 4.20. The summed E-state index contributed by atoms with van der Waals surface area (Å²) in [5.74, 6) is 0.0137. The smallest absolute Gasteiger partial charge is 0.276 e. The first-order chi connectivity index (χ1) is 14.9. The van der Waals surface area contributed by atoms with E-state index in [1.165, 1.54) is 0 Å². The van der Waals surface area contributed by atoms with Crippen LogP contribution in [-0.4, -0.2) is 24.5 Å². The summed E-state index contributed by atoms with van der Waals surface area (Å²) in [6, 6.07) is 22.5. The lowest BCUT2D eigenvalue weighted by Gasteiger charge is -2.15. The van der Waals surface area contributed by atoms with Gasteiger partial charge in [0, 0.05) is 4.47 Å². The number of nitrogens with one attached hydrogen (secondary N) is 2. The Morgan fingerprint density at radius 2 is 1.58 bits per heavy atom. The van der Waals surface area contributed by atoms with Crippen molar-refractivity contribution in [1.82, 2.24) is 10.9 Å². The Labute approximate surface area is 189 Å². The van der Waals surface area contributed by atoms with Gasteiger partial charge in [-0.3, -0.25) is 20.4 Å². The summed E-state index contributed by atoms with van der Waals surface area (Å²) in [5.41, 5.74) is 7.20. The molecule has 0 aliphatic heterocycles. The van der Waals surface area contributed by atoms with Crippen molar-refractivity contribution >= 4 is 27.7 Å². The van der Waals surface area contributed by atoms with Crippen LogP contribution in [0.4, 0.5) is 0 Å². The second-order valence-corrected chi connectivity index (χ2v) is 7.90. The van der Waals surface area contributed by atoms with Crippen LogP contribution in [0.2, 0.25) is 0 Å². The molecule has 0 aliphatic rings. The van der Waals surface area contributed by atoms with Crippen LogP contribution >= 0.6 is 15.9 Å². The molecule has 0 heterocycles. The molecule has 3 rings (SSSR count). The number of ether oxygens (including phenoxy) is 2. The van der Waals surface area contributed by atoms with E-state index in [1.54, 1.807) is 30.3 Å². The minimum Gasteiger partial charge on any atom is -0.490 e. The highest BCUT2D eigenvalue weighted by molar-refractivity contribution is 9.10. The summed E-state index contributed by atoms with van der Waals surface area (Å²) < 4.78 is 11.9. The molecule has 0 radical (unpaired) electrons. The van der Waals surface area contributed by atoms with Crippen molar-refractivity contribution < 1.29 is 19.1 Å². The molecule has 3 aromatic carbocycles. The molecular formula is C24H23BrN2O4. The lowest BCUT2D eigenvalue weighted by Crippen LogP contribution is -2.44. The van der Waals surface area contributed by atoms with Crippen LogP contribution in [-0.2, 0) is 4.79 Å². The molecular weight excluding hydrogens is 460 g/mol. The molecule has 160 valence electrons. The Balaban J connectivity index is 1.51. The molecule has 0 saturated heterocycles. The van der Waals surface area contributed by atoms with Gasteiger partial charge in [-0.2, -0.15) is 0 Å². The fraction of sp³-hybridized carbons (Fsp3) is 0.167. The zero-order valence-electron chi connectivity index (χ0n) is 17.2. The van der Waals surface area contributed by atoms with Gasteiger partial charge >= 0.3 is 0 Å². The molecule has 2 N–H and O–H groups in total. The van der Waals surface area contributed by atoms with Gasteiger partial charge in [0.2, 0.25) is 0 Å². The monoisotopic (exact) mass is 482 g/mol. The quantitative estimate of drug-likeness (QED) is 0.476. The Kier molecular flexibility index (Phi) is 7.67. The van der Waals surface area contributed by atoms with E-state index in [2.05, 4.69) is 26.8 Å². The van der Waals surface area contributed by atoms with E-state index in [0.717, 1.165) is 15.6 Å². The van der Waals surface area contributed by atoms with Crippen molar-refractivity contribution in [3.8, 4) is 22.6 Å². The molecule has 31 heavy (non-hydrogen) atoms. The molecule has 7 heteroatoms. The number of halogens is 1. The maximum atomic E-state index is 12.5. The van der Waals surface area contributed by atoms with Crippen molar-refractivity contribution in [3.05, 3.63) is 82.8 Å². The lowest BCUT2D eigenvalue weighted by atomic mass is 10.1. The zero-order chi connectivity index (χ0) is 22.2. The highest BCUT2D eigenvalue weighted by Gasteiger charge is 2.15. The van der Waals surface area contributed by atoms with E-state index < -0.39 is 11.8 Å². The number of hydrogen-bond donors (Lipinski definition) is 2. The fourth-order valence-electron chi connectivity index (χ4n) is 2.79. The highest BCUT2D eigenvalue weighted by atomic mass is 79.9. The number of hydrogen-bond acceptors (Lipinski definition) is 4. The average molecular weight is 483 g/mol. The van der Waals surface area contributed by atoms with Crippen LogP contribution in [0.1, 0.15) is 24.2 Å². The van der Waals surface area contributed by atoms with Gasteiger partial charge in [-0.05, 0) is 55.3 Å². The molecule has 0 bridgehead atoms. The van der Waals surface area contributed by atoms with Gasteiger partial charge in [-0.25, -0.2) is 0 Å². The Hall–Kier alpha value is -3.32. The van der Waals surface area contributed by atoms with Gasteiger partial charge in [-0.15, -0.1) is 0 Å². The predicted octanol–water partition coefficient (Wildman–Crippen LogP) is 4.74. The average Bonchev–Trinajstić information content (AvgIpc) is 2.78. The van der Waals surface area contributed by atoms with Crippen LogP contribution < -0.4 is 20.3 Å². The summed E-state index contributed by atoms with van der Waals surface area (Å²) in [5, 5.41) is 0. The standard InChI is InChI=1S/C24H23BrN2O4/c1-16(2)31-22-13-10-19(25)14-21(22)24(29)27-26-23(28)15-30-20-11-8-18(9-12-20)17-6-4-3-5-7-17/h3-14,16H,15H2,1-2H3,(H,26,28)(H,27,29). The molecule has 0 atom stereocenters. The highest BCUT2D eigenvalue weighted by Crippen LogP contribution is 2.24. The summed E-state index contributed by atoms with van der Waals surface area (Å²) in [6.07, 6.45) is -0.0935. The van der Waals surface area contributed by atoms with Crippen molar-refractivity contribution in [2.75, 3.05) is 6.61 Å². The lowest BCUT2D eigenvalue weighted by molar-refractivity contribution is -0.123. The summed E-state index contributed by atoms with van der Waals surface area (Å²) >= 11 is 3.34. The first kappa shape index (κ1) is 22.4. The number of rotatable bonds is 7. The first-order valence-corrected chi connectivity index (χ1v) is 10.6. The Bertz CT molecular complexity index is 1040. The second kappa shape index (κ2) is 10.6. The van der Waals surface area contributed by atoms with Gasteiger partial charge in [0.05, 0.1) is 11.7 Å². The largest absolute Gasteiger partial charge is 0.490 e.